The zero-order valence-corrected chi connectivity index (χ0v) is 17.9. The van der Waals surface area contributed by atoms with Crippen LogP contribution in [0.3, 0.4) is 0 Å². The van der Waals surface area contributed by atoms with Gasteiger partial charge in [0.2, 0.25) is 11.8 Å². The number of benzene rings is 2. The van der Waals surface area contributed by atoms with Crippen molar-refractivity contribution in [2.75, 3.05) is 17.6 Å². The zero-order valence-electron chi connectivity index (χ0n) is 17.1. The van der Waals surface area contributed by atoms with Crippen LogP contribution in [0.5, 0.6) is 0 Å². The first-order valence-electron chi connectivity index (χ1n) is 9.69. The zero-order chi connectivity index (χ0) is 21.3. The predicted molar refractivity (Wildman–Crippen MR) is 118 cm³/mol. The van der Waals surface area contributed by atoms with E-state index in [0.29, 0.717) is 17.5 Å². The largest absolute Gasteiger partial charge is 0.355 e. The second-order valence-corrected chi connectivity index (χ2v) is 7.87. The molecule has 0 atom stereocenters. The lowest BCUT2D eigenvalue weighted by atomic mass is 10.1. The van der Waals surface area contributed by atoms with Gasteiger partial charge >= 0.3 is 0 Å². The molecular weight excluding hydrogens is 398 g/mol. The highest BCUT2D eigenvalue weighted by Gasteiger charge is 2.14. The molecule has 0 saturated heterocycles. The monoisotopic (exact) mass is 423 g/mol. The number of nitrogens with zero attached hydrogens (tertiary/aromatic N) is 3. The van der Waals surface area contributed by atoms with E-state index in [1.807, 2.05) is 61.5 Å². The highest BCUT2D eigenvalue weighted by atomic mass is 32.2. The Labute approximate surface area is 180 Å². The van der Waals surface area contributed by atoms with Gasteiger partial charge in [-0.15, -0.1) is 10.2 Å². The third kappa shape index (κ3) is 6.45. The van der Waals surface area contributed by atoms with Crippen molar-refractivity contribution < 1.29 is 9.59 Å². The Morgan fingerprint density at radius 3 is 2.47 bits per heavy atom. The highest BCUT2D eigenvalue weighted by Crippen LogP contribution is 2.16. The van der Waals surface area contributed by atoms with Gasteiger partial charge in [0.1, 0.15) is 5.82 Å². The van der Waals surface area contributed by atoms with E-state index in [2.05, 4.69) is 20.8 Å². The van der Waals surface area contributed by atoms with Gasteiger partial charge in [0.15, 0.2) is 5.16 Å². The van der Waals surface area contributed by atoms with Crippen molar-refractivity contribution in [2.24, 2.45) is 7.05 Å². The van der Waals surface area contributed by atoms with Crippen LogP contribution in [0, 0.1) is 6.92 Å². The molecule has 2 aromatic carbocycles. The number of hydrogen-bond donors (Lipinski definition) is 2. The summed E-state index contributed by atoms with van der Waals surface area (Å²) in [5, 5.41) is 14.6. The minimum atomic E-state index is -0.162. The number of thioether (sulfide) groups is 1. The van der Waals surface area contributed by atoms with Gasteiger partial charge in [-0.1, -0.05) is 59.8 Å². The summed E-state index contributed by atoms with van der Waals surface area (Å²) >= 11 is 1.30. The molecule has 1 aromatic heterocycles. The Balaban J connectivity index is 1.43. The Bertz CT molecular complexity index is 987. The van der Waals surface area contributed by atoms with E-state index >= 15 is 0 Å². The average Bonchev–Trinajstić information content (AvgIpc) is 3.08. The maximum Gasteiger partial charge on any atom is 0.232 e. The van der Waals surface area contributed by atoms with E-state index in [4.69, 9.17) is 0 Å². The van der Waals surface area contributed by atoms with E-state index in [1.54, 1.807) is 11.6 Å². The summed E-state index contributed by atoms with van der Waals surface area (Å²) in [5.74, 6) is 0.574. The fourth-order valence-corrected chi connectivity index (χ4v) is 3.54. The molecule has 0 spiro atoms. The number of rotatable bonds is 9. The topological polar surface area (TPSA) is 88.9 Å². The van der Waals surface area contributed by atoms with Gasteiger partial charge in [-0.3, -0.25) is 9.59 Å². The molecule has 3 aromatic rings. The van der Waals surface area contributed by atoms with Gasteiger partial charge in [0.05, 0.1) is 12.2 Å². The smallest absolute Gasteiger partial charge is 0.232 e. The molecule has 30 heavy (non-hydrogen) atoms. The van der Waals surface area contributed by atoms with Crippen LogP contribution in [0.2, 0.25) is 0 Å². The maximum atomic E-state index is 12.3. The molecule has 156 valence electrons. The lowest BCUT2D eigenvalue weighted by Crippen LogP contribution is -2.27. The molecule has 0 saturated carbocycles. The van der Waals surface area contributed by atoms with Crippen molar-refractivity contribution in [3.05, 3.63) is 71.5 Å². The van der Waals surface area contributed by atoms with Crippen molar-refractivity contribution >= 4 is 29.3 Å². The number of nitrogens with one attached hydrogen (secondary N) is 2. The number of aryl methyl sites for hydroxylation is 1. The lowest BCUT2D eigenvalue weighted by molar-refractivity contribution is -0.118. The Kier molecular flexibility index (Phi) is 7.62. The standard InChI is InChI=1S/C22H25N5O2S/c1-16-8-10-18(11-9-16)24-20(28)14-19-25-26-22(27(19)2)30-15-21(29)23-13-12-17-6-4-3-5-7-17/h3-11H,12-15H2,1-2H3,(H,23,29)(H,24,28). The van der Waals surface area contributed by atoms with Crippen LogP contribution in [-0.4, -0.2) is 38.9 Å². The number of hydrogen-bond acceptors (Lipinski definition) is 5. The maximum absolute atomic E-state index is 12.3. The van der Waals surface area contributed by atoms with Crippen LogP contribution in [-0.2, 0) is 29.5 Å². The molecular formula is C22H25N5O2S. The van der Waals surface area contributed by atoms with E-state index < -0.39 is 0 Å². The van der Waals surface area contributed by atoms with Crippen molar-refractivity contribution in [3.8, 4) is 0 Å². The number of amides is 2. The van der Waals surface area contributed by atoms with Gasteiger partial charge in [-0.25, -0.2) is 0 Å². The van der Waals surface area contributed by atoms with Crippen LogP contribution >= 0.6 is 11.8 Å². The average molecular weight is 424 g/mol. The van der Waals surface area contributed by atoms with E-state index in [1.165, 1.54) is 17.3 Å². The molecule has 8 heteroatoms. The van der Waals surface area contributed by atoms with Gasteiger partial charge < -0.3 is 15.2 Å². The molecule has 0 unspecified atom stereocenters. The summed E-state index contributed by atoms with van der Waals surface area (Å²) in [6, 6.07) is 17.6. The van der Waals surface area contributed by atoms with Crippen LogP contribution < -0.4 is 10.6 Å². The molecule has 7 nitrogen and oxygen atoms in total. The van der Waals surface area contributed by atoms with Crippen LogP contribution in [0.15, 0.2) is 59.8 Å². The van der Waals surface area contributed by atoms with Crippen molar-refractivity contribution in [1.29, 1.82) is 0 Å². The van der Waals surface area contributed by atoms with Crippen LogP contribution in [0.1, 0.15) is 17.0 Å². The number of carbonyl (C=O) groups is 2. The van der Waals surface area contributed by atoms with Gasteiger partial charge in [0.25, 0.3) is 0 Å². The summed E-state index contributed by atoms with van der Waals surface area (Å²) < 4.78 is 1.75. The first kappa shape index (κ1) is 21.6. The number of carbonyl (C=O) groups excluding carboxylic acids is 2. The van der Waals surface area contributed by atoms with Gasteiger partial charge in [-0.05, 0) is 31.0 Å². The Morgan fingerprint density at radius 2 is 1.73 bits per heavy atom. The van der Waals surface area contributed by atoms with E-state index in [-0.39, 0.29) is 24.0 Å². The van der Waals surface area contributed by atoms with Crippen molar-refractivity contribution in [3.63, 3.8) is 0 Å². The molecule has 0 fully saturated rings. The molecule has 1 heterocycles. The Morgan fingerprint density at radius 1 is 1.00 bits per heavy atom. The summed E-state index contributed by atoms with van der Waals surface area (Å²) in [5.41, 5.74) is 3.06. The molecule has 2 N–H and O–H groups in total. The summed E-state index contributed by atoms with van der Waals surface area (Å²) in [6.07, 6.45) is 0.905. The molecule has 3 rings (SSSR count). The minimum Gasteiger partial charge on any atom is -0.355 e. The molecule has 0 bridgehead atoms. The van der Waals surface area contributed by atoms with Gasteiger partial charge in [0, 0.05) is 19.3 Å². The quantitative estimate of drug-likeness (QED) is 0.517. The lowest BCUT2D eigenvalue weighted by Gasteiger charge is -2.07. The molecule has 0 aliphatic carbocycles. The summed E-state index contributed by atoms with van der Waals surface area (Å²) in [4.78, 5) is 24.3. The summed E-state index contributed by atoms with van der Waals surface area (Å²) in [6.45, 7) is 2.58. The van der Waals surface area contributed by atoms with Crippen molar-refractivity contribution in [1.82, 2.24) is 20.1 Å². The SMILES string of the molecule is Cc1ccc(NC(=O)Cc2nnc(SCC(=O)NCCc3ccccc3)n2C)cc1. The second kappa shape index (κ2) is 10.6. The normalized spacial score (nSPS) is 10.6. The molecule has 0 aliphatic rings. The first-order chi connectivity index (χ1) is 14.5. The number of aromatic nitrogens is 3. The molecule has 0 radical (unpaired) electrons. The molecule has 0 aliphatic heterocycles. The van der Waals surface area contributed by atoms with E-state index in [9.17, 15) is 9.59 Å². The van der Waals surface area contributed by atoms with E-state index in [0.717, 1.165) is 17.7 Å². The minimum absolute atomic E-state index is 0.0578. The first-order valence-corrected chi connectivity index (χ1v) is 10.7. The molecule has 2 amide bonds. The van der Waals surface area contributed by atoms with Crippen molar-refractivity contribution in [2.45, 2.75) is 24.9 Å². The fraction of sp³-hybridized carbons (Fsp3) is 0.273. The second-order valence-electron chi connectivity index (χ2n) is 6.92. The van der Waals surface area contributed by atoms with Gasteiger partial charge in [-0.2, -0.15) is 0 Å². The van der Waals surface area contributed by atoms with Crippen LogP contribution in [0.25, 0.3) is 0 Å². The predicted octanol–water partition coefficient (Wildman–Crippen LogP) is 2.76. The highest BCUT2D eigenvalue weighted by molar-refractivity contribution is 7.99. The third-order valence-corrected chi connectivity index (χ3v) is 5.51. The van der Waals surface area contributed by atoms with Crippen LogP contribution in [0.4, 0.5) is 5.69 Å². The fourth-order valence-electron chi connectivity index (χ4n) is 2.78. The summed E-state index contributed by atoms with van der Waals surface area (Å²) in [7, 11) is 1.80. The Hall–Kier alpha value is -3.13. The number of anilines is 1. The third-order valence-electron chi connectivity index (χ3n) is 4.49.